The van der Waals surface area contributed by atoms with Gasteiger partial charge in [-0.2, -0.15) is 13.2 Å². The lowest BCUT2D eigenvalue weighted by atomic mass is 9.97. The summed E-state index contributed by atoms with van der Waals surface area (Å²) >= 11 is 0. The van der Waals surface area contributed by atoms with Gasteiger partial charge in [0, 0.05) is 5.56 Å². The van der Waals surface area contributed by atoms with E-state index in [1.165, 1.54) is 0 Å². The average Bonchev–Trinajstić information content (AvgIpc) is 2.15. The molecule has 0 spiro atoms. The molecule has 0 N–H and O–H groups in total. The molecular weight excluding hydrogens is 227 g/mol. The van der Waals surface area contributed by atoms with Gasteiger partial charge in [-0.05, 0) is 29.7 Å². The van der Waals surface area contributed by atoms with Crippen LogP contribution >= 0.6 is 0 Å². The van der Waals surface area contributed by atoms with Crippen molar-refractivity contribution in [3.8, 4) is 0 Å². The van der Waals surface area contributed by atoms with Crippen molar-refractivity contribution in [3.05, 3.63) is 34.9 Å². The number of benzene rings is 1. The fourth-order valence-electron chi connectivity index (χ4n) is 1.30. The Hall–Kier alpha value is -1.13. The molecule has 16 heavy (non-hydrogen) atoms. The van der Waals surface area contributed by atoms with Gasteiger partial charge < -0.3 is 0 Å². The molecule has 0 aliphatic heterocycles. The van der Waals surface area contributed by atoms with Crippen LogP contribution in [0.1, 0.15) is 42.9 Å². The molecule has 0 atom stereocenters. The van der Waals surface area contributed by atoms with Crippen LogP contribution in [0.5, 0.6) is 0 Å². The molecule has 1 aromatic carbocycles. The van der Waals surface area contributed by atoms with Crippen LogP contribution < -0.4 is 0 Å². The highest BCUT2D eigenvalue weighted by Crippen LogP contribution is 2.34. The number of hydrogen-bond donors (Lipinski definition) is 0. The van der Waals surface area contributed by atoms with Crippen LogP contribution in [0, 0.1) is 0 Å². The van der Waals surface area contributed by atoms with E-state index in [4.69, 9.17) is 0 Å². The first kappa shape index (κ1) is 12.9. The van der Waals surface area contributed by atoms with Gasteiger partial charge in [0.15, 0.2) is 0 Å². The van der Waals surface area contributed by atoms with Gasteiger partial charge >= 0.3 is 6.18 Å². The van der Waals surface area contributed by atoms with E-state index in [-0.39, 0.29) is 11.5 Å². The molecule has 1 rings (SSSR count). The second-order valence-corrected chi connectivity index (χ2v) is 3.84. The van der Waals surface area contributed by atoms with Gasteiger partial charge in [-0.1, -0.05) is 13.8 Å². The topological polar surface area (TPSA) is 0 Å². The van der Waals surface area contributed by atoms with Crippen LogP contribution in [0.25, 0.3) is 0 Å². The Morgan fingerprint density at radius 2 is 1.44 bits per heavy atom. The second kappa shape index (κ2) is 4.39. The van der Waals surface area contributed by atoms with E-state index in [1.54, 1.807) is 13.8 Å². The summed E-state index contributed by atoms with van der Waals surface area (Å²) < 4.78 is 62.1. The summed E-state index contributed by atoms with van der Waals surface area (Å²) in [4.78, 5) is 0. The van der Waals surface area contributed by atoms with Crippen molar-refractivity contribution in [1.29, 1.82) is 0 Å². The third-order valence-corrected chi connectivity index (χ3v) is 2.22. The molecule has 1 aromatic rings. The van der Waals surface area contributed by atoms with Gasteiger partial charge in [-0.3, -0.25) is 0 Å². The molecule has 0 bridgehead atoms. The van der Waals surface area contributed by atoms with Crippen molar-refractivity contribution >= 4 is 0 Å². The first-order valence-corrected chi connectivity index (χ1v) is 4.72. The van der Waals surface area contributed by atoms with Gasteiger partial charge in [-0.15, -0.1) is 0 Å². The van der Waals surface area contributed by atoms with Crippen LogP contribution in [0.4, 0.5) is 22.0 Å². The largest absolute Gasteiger partial charge is 0.416 e. The maximum absolute atomic E-state index is 12.4. The summed E-state index contributed by atoms with van der Waals surface area (Å²) in [5, 5.41) is 0. The normalized spacial score (nSPS) is 12.6. The molecule has 0 amide bonds. The Morgan fingerprint density at radius 1 is 0.938 bits per heavy atom. The molecule has 0 heterocycles. The lowest BCUT2D eigenvalue weighted by Crippen LogP contribution is -2.07. The van der Waals surface area contributed by atoms with Crippen LogP contribution in [0.3, 0.4) is 0 Å². The number of hydrogen-bond acceptors (Lipinski definition) is 0. The standard InChI is InChI=1S/C11H11F5/c1-6(2)7-3-8(10(12)13)5-9(4-7)11(14,15)16/h3-6,10H,1-2H3. The first-order valence-electron chi connectivity index (χ1n) is 4.72. The van der Waals surface area contributed by atoms with Crippen LogP contribution in [-0.2, 0) is 6.18 Å². The van der Waals surface area contributed by atoms with Crippen molar-refractivity contribution < 1.29 is 22.0 Å². The van der Waals surface area contributed by atoms with Crippen molar-refractivity contribution in [2.45, 2.75) is 32.4 Å². The predicted molar refractivity (Wildman–Crippen MR) is 50.5 cm³/mol. The monoisotopic (exact) mass is 238 g/mol. The van der Waals surface area contributed by atoms with Gasteiger partial charge in [0.25, 0.3) is 6.43 Å². The van der Waals surface area contributed by atoms with E-state index in [0.717, 1.165) is 12.1 Å². The molecule has 0 aliphatic rings. The summed E-state index contributed by atoms with van der Waals surface area (Å²) in [6.45, 7) is 3.31. The predicted octanol–water partition coefficient (Wildman–Crippen LogP) is 4.77. The van der Waals surface area contributed by atoms with Crippen LogP contribution in [-0.4, -0.2) is 0 Å². The Morgan fingerprint density at radius 3 is 1.81 bits per heavy atom. The number of rotatable bonds is 2. The molecule has 0 aliphatic carbocycles. The third kappa shape index (κ3) is 2.93. The minimum absolute atomic E-state index is 0.222. The molecular formula is C11H11F5. The Labute approximate surface area is 90.1 Å². The average molecular weight is 238 g/mol. The molecule has 5 heteroatoms. The summed E-state index contributed by atoms with van der Waals surface area (Å²) in [5.74, 6) is -0.222. The smallest absolute Gasteiger partial charge is 0.205 e. The van der Waals surface area contributed by atoms with E-state index in [2.05, 4.69) is 0 Å². The van der Waals surface area contributed by atoms with E-state index in [1.807, 2.05) is 0 Å². The molecule has 0 nitrogen and oxygen atoms in total. The molecule has 0 aromatic heterocycles. The zero-order valence-corrected chi connectivity index (χ0v) is 8.78. The summed E-state index contributed by atoms with van der Waals surface area (Å²) in [6, 6.07) is 2.53. The van der Waals surface area contributed by atoms with Gasteiger partial charge in [-0.25, -0.2) is 8.78 Å². The summed E-state index contributed by atoms with van der Waals surface area (Å²) in [7, 11) is 0. The van der Waals surface area contributed by atoms with Crippen molar-refractivity contribution in [3.63, 3.8) is 0 Å². The maximum atomic E-state index is 12.4. The van der Waals surface area contributed by atoms with E-state index < -0.39 is 23.7 Å². The van der Waals surface area contributed by atoms with Gasteiger partial charge in [0.05, 0.1) is 5.56 Å². The quantitative estimate of drug-likeness (QED) is 0.651. The first-order chi connectivity index (χ1) is 7.21. The Kier molecular flexibility index (Phi) is 3.55. The fourth-order valence-corrected chi connectivity index (χ4v) is 1.30. The molecule has 0 unspecified atom stereocenters. The molecule has 90 valence electrons. The highest BCUT2D eigenvalue weighted by atomic mass is 19.4. The molecule has 0 radical (unpaired) electrons. The zero-order valence-electron chi connectivity index (χ0n) is 8.78. The summed E-state index contributed by atoms with van der Waals surface area (Å²) in [6.07, 6.45) is -7.48. The van der Waals surface area contributed by atoms with Crippen molar-refractivity contribution in [1.82, 2.24) is 0 Å². The highest BCUT2D eigenvalue weighted by Gasteiger charge is 2.32. The van der Waals surface area contributed by atoms with Crippen molar-refractivity contribution in [2.75, 3.05) is 0 Å². The Balaban J connectivity index is 3.30. The SMILES string of the molecule is CC(C)c1cc(C(F)F)cc(C(F)(F)F)c1. The molecule has 0 saturated heterocycles. The minimum Gasteiger partial charge on any atom is -0.205 e. The fraction of sp³-hybridized carbons (Fsp3) is 0.455. The number of alkyl halides is 5. The zero-order chi connectivity index (χ0) is 12.5. The lowest BCUT2D eigenvalue weighted by molar-refractivity contribution is -0.137. The second-order valence-electron chi connectivity index (χ2n) is 3.84. The summed E-state index contributed by atoms with van der Waals surface area (Å²) in [5.41, 5.74) is -1.34. The lowest BCUT2D eigenvalue weighted by Gasteiger charge is -2.13. The van der Waals surface area contributed by atoms with Crippen LogP contribution in [0.15, 0.2) is 18.2 Å². The van der Waals surface area contributed by atoms with E-state index in [9.17, 15) is 22.0 Å². The Bertz CT molecular complexity index is 339. The van der Waals surface area contributed by atoms with Crippen LogP contribution in [0.2, 0.25) is 0 Å². The van der Waals surface area contributed by atoms with Crippen molar-refractivity contribution in [2.24, 2.45) is 0 Å². The number of halogens is 5. The van der Waals surface area contributed by atoms with Gasteiger partial charge in [0.2, 0.25) is 0 Å². The molecule has 0 fully saturated rings. The van der Waals surface area contributed by atoms with Gasteiger partial charge in [0.1, 0.15) is 0 Å². The van der Waals surface area contributed by atoms with E-state index >= 15 is 0 Å². The minimum atomic E-state index is -4.59. The molecule has 0 saturated carbocycles. The highest BCUT2D eigenvalue weighted by molar-refractivity contribution is 5.34. The maximum Gasteiger partial charge on any atom is 0.416 e. The third-order valence-electron chi connectivity index (χ3n) is 2.22. The van der Waals surface area contributed by atoms with E-state index in [0.29, 0.717) is 6.07 Å².